The molecule has 4 aromatic rings. The second kappa shape index (κ2) is 9.70. The maximum Gasteiger partial charge on any atom is 0.324 e. The minimum Gasteiger partial charge on any atom is -0.454 e. The largest absolute Gasteiger partial charge is 0.454 e. The molecule has 1 amide bonds. The summed E-state index contributed by atoms with van der Waals surface area (Å²) in [6.07, 6.45) is 0. The molecule has 0 saturated heterocycles. The maximum absolute atomic E-state index is 12.7. The van der Waals surface area contributed by atoms with Gasteiger partial charge in [-0.3, -0.25) is 14.9 Å². The highest BCUT2D eigenvalue weighted by atomic mass is 32.2. The van der Waals surface area contributed by atoms with Crippen molar-refractivity contribution >= 4 is 61.1 Å². The third-order valence-corrected chi connectivity index (χ3v) is 7.26. The Balaban J connectivity index is 1.31. The standard InChI is InChI=1S/C20H17N5O5S3/c1-12(25-33(28,29)16-9-5-8-14-18(16)24-32-23-14)19(27)30-10-17(26)22-20-21-15(11-31-20)13-6-3-2-4-7-13/h2-9,11-12,25H,10H2,1H3,(H,21,22,26)/t12-/m0/s1. The summed E-state index contributed by atoms with van der Waals surface area (Å²) in [6, 6.07) is 12.8. The maximum atomic E-state index is 12.7. The van der Waals surface area contributed by atoms with Gasteiger partial charge in [0.1, 0.15) is 22.0 Å². The molecule has 2 aromatic carbocycles. The summed E-state index contributed by atoms with van der Waals surface area (Å²) < 4.78 is 40.6. The van der Waals surface area contributed by atoms with Crippen molar-refractivity contribution in [1.29, 1.82) is 0 Å². The molecule has 33 heavy (non-hydrogen) atoms. The number of hydrogen-bond donors (Lipinski definition) is 2. The number of sulfonamides is 1. The number of thiazole rings is 1. The van der Waals surface area contributed by atoms with Gasteiger partial charge in [-0.2, -0.15) is 13.5 Å². The number of rotatable bonds is 8. The van der Waals surface area contributed by atoms with Gasteiger partial charge < -0.3 is 4.74 Å². The number of fused-ring (bicyclic) bond motifs is 1. The number of esters is 1. The molecule has 10 nitrogen and oxygen atoms in total. The lowest BCUT2D eigenvalue weighted by Crippen LogP contribution is -2.40. The summed E-state index contributed by atoms with van der Waals surface area (Å²) in [7, 11) is -4.07. The third kappa shape index (κ3) is 5.39. The van der Waals surface area contributed by atoms with Gasteiger partial charge in [-0.1, -0.05) is 36.4 Å². The van der Waals surface area contributed by atoms with Crippen LogP contribution in [0.3, 0.4) is 0 Å². The number of carbonyl (C=O) groups is 2. The summed E-state index contributed by atoms with van der Waals surface area (Å²) in [4.78, 5) is 28.6. The zero-order valence-corrected chi connectivity index (χ0v) is 19.5. The van der Waals surface area contributed by atoms with Gasteiger partial charge in [0, 0.05) is 10.9 Å². The molecule has 0 saturated carbocycles. The fourth-order valence-electron chi connectivity index (χ4n) is 2.83. The van der Waals surface area contributed by atoms with Gasteiger partial charge in [-0.05, 0) is 19.1 Å². The normalized spacial score (nSPS) is 12.4. The number of carbonyl (C=O) groups excluding carboxylic acids is 2. The van der Waals surface area contributed by atoms with E-state index in [1.54, 1.807) is 11.4 Å². The van der Waals surface area contributed by atoms with Crippen LogP contribution in [0.25, 0.3) is 22.3 Å². The van der Waals surface area contributed by atoms with Crippen LogP contribution in [0.1, 0.15) is 6.92 Å². The zero-order valence-electron chi connectivity index (χ0n) is 17.1. The predicted octanol–water partition coefficient (Wildman–Crippen LogP) is 2.66. The summed E-state index contributed by atoms with van der Waals surface area (Å²) >= 11 is 2.12. The molecule has 0 aliphatic rings. The Hall–Kier alpha value is -3.26. The molecule has 2 aromatic heterocycles. The number of amides is 1. The van der Waals surface area contributed by atoms with Gasteiger partial charge in [0.05, 0.1) is 17.4 Å². The number of benzene rings is 2. The molecule has 0 unspecified atom stereocenters. The Kier molecular flexibility index (Phi) is 6.74. The van der Waals surface area contributed by atoms with Crippen LogP contribution in [0.2, 0.25) is 0 Å². The first-order chi connectivity index (χ1) is 15.8. The Labute approximate surface area is 197 Å². The van der Waals surface area contributed by atoms with E-state index in [9.17, 15) is 18.0 Å². The second-order valence-corrected chi connectivity index (χ2v) is 9.86. The van der Waals surface area contributed by atoms with Gasteiger partial charge in [0.2, 0.25) is 10.0 Å². The zero-order chi connectivity index (χ0) is 23.4. The lowest BCUT2D eigenvalue weighted by Gasteiger charge is -2.13. The quantitative estimate of drug-likeness (QED) is 0.350. The fourth-order valence-corrected chi connectivity index (χ4v) is 5.53. The van der Waals surface area contributed by atoms with Crippen LogP contribution in [0.4, 0.5) is 5.13 Å². The molecule has 170 valence electrons. The van der Waals surface area contributed by atoms with Crippen molar-refractivity contribution in [3.63, 3.8) is 0 Å². The average molecular weight is 504 g/mol. The number of hydrogen-bond acceptors (Lipinski definition) is 10. The summed E-state index contributed by atoms with van der Waals surface area (Å²) in [5.41, 5.74) is 2.27. The molecule has 0 fully saturated rings. The van der Waals surface area contributed by atoms with Crippen LogP contribution < -0.4 is 10.0 Å². The smallest absolute Gasteiger partial charge is 0.324 e. The third-order valence-electron chi connectivity index (χ3n) is 4.39. The molecular formula is C20H17N5O5S3. The fraction of sp³-hybridized carbons (Fsp3) is 0.150. The summed E-state index contributed by atoms with van der Waals surface area (Å²) in [6.45, 7) is 0.737. The van der Waals surface area contributed by atoms with E-state index in [4.69, 9.17) is 4.74 Å². The van der Waals surface area contributed by atoms with Gasteiger partial charge in [-0.15, -0.1) is 11.3 Å². The van der Waals surface area contributed by atoms with Crippen LogP contribution >= 0.6 is 23.1 Å². The van der Waals surface area contributed by atoms with E-state index in [-0.39, 0.29) is 10.4 Å². The van der Waals surface area contributed by atoms with Crippen LogP contribution in [-0.4, -0.2) is 46.7 Å². The molecule has 2 N–H and O–H groups in total. The first-order valence-electron chi connectivity index (χ1n) is 9.54. The van der Waals surface area contributed by atoms with E-state index < -0.39 is 34.5 Å². The topological polar surface area (TPSA) is 140 Å². The number of ether oxygens (including phenoxy) is 1. The highest BCUT2D eigenvalue weighted by molar-refractivity contribution is 7.89. The number of nitrogens with one attached hydrogen (secondary N) is 2. The molecule has 0 aliphatic heterocycles. The lowest BCUT2D eigenvalue weighted by atomic mass is 10.2. The highest BCUT2D eigenvalue weighted by Gasteiger charge is 2.26. The van der Waals surface area contributed by atoms with E-state index in [1.807, 2.05) is 30.3 Å². The van der Waals surface area contributed by atoms with Crippen LogP contribution in [0.15, 0.2) is 58.8 Å². The van der Waals surface area contributed by atoms with Gasteiger partial charge in [-0.25, -0.2) is 13.4 Å². The Morgan fingerprint density at radius 2 is 1.88 bits per heavy atom. The summed E-state index contributed by atoms with van der Waals surface area (Å²) in [5, 5.41) is 4.71. The van der Waals surface area contributed by atoms with Crippen molar-refractivity contribution in [3.05, 3.63) is 53.9 Å². The van der Waals surface area contributed by atoms with Crippen LogP contribution in [0.5, 0.6) is 0 Å². The van der Waals surface area contributed by atoms with Gasteiger partial charge in [0.15, 0.2) is 11.7 Å². The number of anilines is 1. The van der Waals surface area contributed by atoms with Crippen molar-refractivity contribution in [3.8, 4) is 11.3 Å². The second-order valence-electron chi connectivity index (χ2n) is 6.79. The van der Waals surface area contributed by atoms with Crippen molar-refractivity contribution in [1.82, 2.24) is 18.5 Å². The van der Waals surface area contributed by atoms with Crippen LogP contribution in [-0.2, 0) is 24.3 Å². The molecule has 0 aliphatic carbocycles. The van der Waals surface area contributed by atoms with Crippen molar-refractivity contribution in [2.45, 2.75) is 17.9 Å². The van der Waals surface area contributed by atoms with Crippen molar-refractivity contribution in [2.75, 3.05) is 11.9 Å². The predicted molar refractivity (Wildman–Crippen MR) is 124 cm³/mol. The minimum atomic E-state index is -4.07. The first-order valence-corrected chi connectivity index (χ1v) is 12.6. The molecule has 0 radical (unpaired) electrons. The van der Waals surface area contributed by atoms with Gasteiger partial charge >= 0.3 is 5.97 Å². The van der Waals surface area contributed by atoms with E-state index in [2.05, 4.69) is 23.8 Å². The Morgan fingerprint density at radius 1 is 1.09 bits per heavy atom. The first kappa shape index (κ1) is 22.9. The van der Waals surface area contributed by atoms with Crippen molar-refractivity contribution in [2.24, 2.45) is 0 Å². The van der Waals surface area contributed by atoms with E-state index in [0.29, 0.717) is 16.3 Å². The highest BCUT2D eigenvalue weighted by Crippen LogP contribution is 2.24. The van der Waals surface area contributed by atoms with E-state index in [1.165, 1.54) is 30.4 Å². The molecule has 4 rings (SSSR count). The SMILES string of the molecule is C[C@H](NS(=O)(=O)c1cccc2nsnc12)C(=O)OCC(=O)Nc1nc(-c2ccccc2)cs1. The lowest BCUT2D eigenvalue weighted by molar-refractivity contribution is -0.148. The van der Waals surface area contributed by atoms with Crippen LogP contribution in [0, 0.1) is 0 Å². The molecule has 13 heteroatoms. The molecule has 1 atom stereocenters. The Bertz CT molecular complexity index is 1400. The molecule has 0 bridgehead atoms. The van der Waals surface area contributed by atoms with E-state index >= 15 is 0 Å². The van der Waals surface area contributed by atoms with Crippen molar-refractivity contribution < 1.29 is 22.7 Å². The molecule has 2 heterocycles. The Morgan fingerprint density at radius 3 is 2.67 bits per heavy atom. The molecular weight excluding hydrogens is 486 g/mol. The number of aromatic nitrogens is 3. The monoisotopic (exact) mass is 503 g/mol. The van der Waals surface area contributed by atoms with E-state index in [0.717, 1.165) is 17.3 Å². The molecule has 0 spiro atoms. The van der Waals surface area contributed by atoms with Gasteiger partial charge in [0.25, 0.3) is 5.91 Å². The summed E-state index contributed by atoms with van der Waals surface area (Å²) in [5.74, 6) is -1.49. The minimum absolute atomic E-state index is 0.0934. The average Bonchev–Trinajstić information content (AvgIpc) is 3.47. The number of nitrogens with zero attached hydrogens (tertiary/aromatic N) is 3.